The third kappa shape index (κ3) is 6.14. The molecule has 0 bridgehead atoms. The van der Waals surface area contributed by atoms with Crippen LogP contribution >= 0.6 is 11.3 Å². The zero-order valence-corrected chi connectivity index (χ0v) is 25.1. The molecule has 37 heavy (non-hydrogen) atoms. The third-order valence-corrected chi connectivity index (χ3v) is 9.21. The number of aromatic nitrogens is 2. The van der Waals surface area contributed by atoms with E-state index in [4.69, 9.17) is 4.11 Å². The van der Waals surface area contributed by atoms with Crippen molar-refractivity contribution in [3.05, 3.63) is 115 Å². The smallest absolute Gasteiger partial charge is 0.0776 e. The van der Waals surface area contributed by atoms with Crippen LogP contribution < -0.4 is 5.19 Å². The van der Waals surface area contributed by atoms with Crippen LogP contribution in [0.5, 0.6) is 0 Å². The second kappa shape index (κ2) is 11.6. The molecule has 0 amide bonds. The van der Waals surface area contributed by atoms with Gasteiger partial charge < -0.3 is 9.97 Å². The SMILES string of the molecule is [2H]C([2H])([2H])c1ccc(-c2[c-]ccc3c2sc2ccc([Si](C)(C)C)cc23)nc1.[Ir].[c-]1ccccc1-c1ccccn1. The molecule has 0 aliphatic rings. The fraction of sp³-hybridized carbons (Fsp3) is 0.125. The van der Waals surface area contributed by atoms with E-state index in [0.717, 1.165) is 27.2 Å². The molecule has 0 saturated heterocycles. The van der Waals surface area contributed by atoms with Gasteiger partial charge in [-0.1, -0.05) is 66.6 Å². The standard InChI is InChI=1S/C21H20NSSi.C11H8N.Ir/c1-14-8-10-19(22-13-14)17-7-5-6-16-18-12-15(24(2,3)4)9-11-20(18)23-21(16)17;1-2-6-10(7-3-1)11-8-4-5-9-12-11;/h5-6,8-13H,1-4H3;1-6,8-9H;/q2*-1;/i1D3;;. The first-order chi connectivity index (χ1) is 18.6. The number of thiophene rings is 1. The number of nitrogens with zero attached hydrogens (tertiary/aromatic N) is 2. The molecule has 6 aromatic rings. The Kier molecular flexibility index (Phi) is 7.28. The van der Waals surface area contributed by atoms with Gasteiger partial charge in [0.25, 0.3) is 0 Å². The zero-order chi connectivity index (χ0) is 27.6. The quantitative estimate of drug-likeness (QED) is 0.138. The van der Waals surface area contributed by atoms with E-state index in [1.54, 1.807) is 29.7 Å². The van der Waals surface area contributed by atoms with Crippen LogP contribution in [-0.4, -0.2) is 18.0 Å². The largest absolute Gasteiger partial charge is 0.305 e. The first-order valence-electron chi connectivity index (χ1n) is 13.3. The van der Waals surface area contributed by atoms with Crippen molar-refractivity contribution < 1.29 is 24.2 Å². The van der Waals surface area contributed by atoms with Crippen molar-refractivity contribution in [1.29, 1.82) is 0 Å². The summed E-state index contributed by atoms with van der Waals surface area (Å²) in [7, 11) is -1.38. The molecule has 3 aromatic heterocycles. The van der Waals surface area contributed by atoms with Crippen molar-refractivity contribution in [1.82, 2.24) is 9.97 Å². The summed E-state index contributed by atoms with van der Waals surface area (Å²) >= 11 is 1.75. The normalized spacial score (nSPS) is 12.6. The van der Waals surface area contributed by atoms with E-state index in [-0.39, 0.29) is 25.7 Å². The first kappa shape index (κ1) is 23.2. The van der Waals surface area contributed by atoms with Crippen molar-refractivity contribution in [2.45, 2.75) is 26.5 Å². The Balaban J connectivity index is 0.000000238. The van der Waals surface area contributed by atoms with Crippen molar-refractivity contribution in [2.75, 3.05) is 0 Å². The monoisotopic (exact) mass is 696 g/mol. The summed E-state index contributed by atoms with van der Waals surface area (Å²) in [5.41, 5.74) is 3.96. The Hall–Kier alpha value is -2.95. The molecule has 0 unspecified atom stereocenters. The van der Waals surface area contributed by atoms with Gasteiger partial charge in [-0.05, 0) is 46.0 Å². The molecule has 0 fully saturated rings. The minimum Gasteiger partial charge on any atom is -0.305 e. The van der Waals surface area contributed by atoms with E-state index in [2.05, 4.69) is 66.0 Å². The molecule has 0 saturated carbocycles. The average Bonchev–Trinajstić information content (AvgIpc) is 3.32. The van der Waals surface area contributed by atoms with Crippen LogP contribution in [0.2, 0.25) is 19.6 Å². The van der Waals surface area contributed by atoms with Crippen molar-refractivity contribution in [3.8, 4) is 22.5 Å². The van der Waals surface area contributed by atoms with E-state index in [1.165, 1.54) is 26.9 Å². The Labute approximate surface area is 242 Å². The van der Waals surface area contributed by atoms with Gasteiger partial charge in [-0.2, -0.15) is 11.3 Å². The molecular weight excluding hydrogens is 665 g/mol. The Morgan fingerprint density at radius 2 is 1.68 bits per heavy atom. The molecule has 0 N–H and O–H groups in total. The van der Waals surface area contributed by atoms with E-state index in [9.17, 15) is 0 Å². The molecule has 0 atom stereocenters. The number of benzene rings is 3. The second-order valence-corrected chi connectivity index (χ2v) is 15.7. The van der Waals surface area contributed by atoms with Gasteiger partial charge in [-0.15, -0.1) is 59.7 Å². The fourth-order valence-electron chi connectivity index (χ4n) is 4.02. The van der Waals surface area contributed by atoms with E-state index < -0.39 is 14.9 Å². The minimum absolute atomic E-state index is 0. The number of aryl methyl sites for hydroxylation is 1. The van der Waals surface area contributed by atoms with Gasteiger partial charge in [0.1, 0.15) is 0 Å². The van der Waals surface area contributed by atoms with E-state index >= 15 is 0 Å². The molecule has 5 heteroatoms. The van der Waals surface area contributed by atoms with Gasteiger partial charge in [0.2, 0.25) is 0 Å². The summed E-state index contributed by atoms with van der Waals surface area (Å²) in [5, 5.41) is 3.94. The third-order valence-electron chi connectivity index (χ3n) is 5.97. The minimum atomic E-state index is -2.13. The molecule has 3 heterocycles. The molecule has 0 aliphatic heterocycles. The molecule has 187 valence electrons. The Morgan fingerprint density at radius 3 is 2.35 bits per heavy atom. The summed E-state index contributed by atoms with van der Waals surface area (Å²) < 4.78 is 24.9. The summed E-state index contributed by atoms with van der Waals surface area (Å²) in [6.45, 7) is 4.95. The van der Waals surface area contributed by atoms with Gasteiger partial charge in [0, 0.05) is 41.3 Å². The van der Waals surface area contributed by atoms with Crippen molar-refractivity contribution >= 4 is 44.8 Å². The maximum Gasteiger partial charge on any atom is 0.0776 e. The molecule has 3 aromatic carbocycles. The molecule has 0 aliphatic carbocycles. The number of fused-ring (bicyclic) bond motifs is 3. The summed E-state index contributed by atoms with van der Waals surface area (Å²) in [5.74, 6) is 0. The van der Waals surface area contributed by atoms with Crippen LogP contribution in [0, 0.1) is 19.0 Å². The number of pyridine rings is 2. The predicted octanol–water partition coefficient (Wildman–Crippen LogP) is 8.32. The topological polar surface area (TPSA) is 25.8 Å². The maximum atomic E-state index is 7.51. The Morgan fingerprint density at radius 1 is 0.811 bits per heavy atom. The number of hydrogen-bond acceptors (Lipinski definition) is 3. The molecule has 6 rings (SSSR count). The van der Waals surface area contributed by atoms with Crippen LogP contribution in [-0.2, 0) is 20.1 Å². The summed E-state index contributed by atoms with van der Waals surface area (Å²) in [6.07, 6.45) is 3.24. The van der Waals surface area contributed by atoms with Crippen LogP contribution in [0.4, 0.5) is 0 Å². The summed E-state index contributed by atoms with van der Waals surface area (Å²) in [6, 6.07) is 34.4. The van der Waals surface area contributed by atoms with Crippen molar-refractivity contribution in [3.63, 3.8) is 0 Å². The Bertz CT molecular complexity index is 1680. The molecule has 2 nitrogen and oxygen atoms in total. The van der Waals surface area contributed by atoms with Crippen LogP contribution in [0.3, 0.4) is 0 Å². The summed E-state index contributed by atoms with van der Waals surface area (Å²) in [4.78, 5) is 8.63. The van der Waals surface area contributed by atoms with Gasteiger partial charge in [-0.25, -0.2) is 0 Å². The fourth-order valence-corrected chi connectivity index (χ4v) is 6.36. The van der Waals surface area contributed by atoms with Crippen LogP contribution in [0.1, 0.15) is 9.68 Å². The number of rotatable bonds is 3. The first-order valence-corrected chi connectivity index (χ1v) is 16.2. The second-order valence-electron chi connectivity index (χ2n) is 9.58. The van der Waals surface area contributed by atoms with Crippen molar-refractivity contribution in [2.24, 2.45) is 0 Å². The molecule has 0 spiro atoms. The van der Waals surface area contributed by atoms with Crippen LogP contribution in [0.15, 0.2) is 97.3 Å². The average molecular weight is 696 g/mol. The molecule has 1 radical (unpaired) electrons. The van der Waals surface area contributed by atoms with Crippen LogP contribution in [0.25, 0.3) is 42.7 Å². The van der Waals surface area contributed by atoms with E-state index in [1.807, 2.05) is 48.5 Å². The molecular formula is C32H28IrN2SSi-2. The zero-order valence-electron chi connectivity index (χ0n) is 23.9. The number of hydrogen-bond donors (Lipinski definition) is 0. The maximum absolute atomic E-state index is 7.51. The predicted molar refractivity (Wildman–Crippen MR) is 158 cm³/mol. The van der Waals surface area contributed by atoms with Gasteiger partial charge in [-0.3, -0.25) is 0 Å². The van der Waals surface area contributed by atoms with E-state index in [0.29, 0.717) is 0 Å². The van der Waals surface area contributed by atoms with Gasteiger partial charge in [0.15, 0.2) is 0 Å². The van der Waals surface area contributed by atoms with Gasteiger partial charge in [0.05, 0.1) is 8.07 Å². The van der Waals surface area contributed by atoms with Gasteiger partial charge >= 0.3 is 0 Å².